The average Bonchev–Trinajstić information content (AvgIpc) is 1.87. The molecule has 0 N–H and O–H groups in total. The summed E-state index contributed by atoms with van der Waals surface area (Å²) in [6, 6.07) is 2.18. The summed E-state index contributed by atoms with van der Waals surface area (Å²) in [7, 11) is 0. The van der Waals surface area contributed by atoms with E-state index in [9.17, 15) is 0 Å². The highest BCUT2D eigenvalue weighted by Crippen LogP contribution is 2.07. The molecule has 1 nitrogen and oxygen atoms in total. The lowest BCUT2D eigenvalue weighted by atomic mass is 10.0. The average molecular weight is 123 g/mol. The zero-order valence-corrected chi connectivity index (χ0v) is 6.31. The van der Waals surface area contributed by atoms with Crippen molar-refractivity contribution in [2.75, 3.05) is 0 Å². The Morgan fingerprint density at radius 2 is 2.33 bits per heavy atom. The highest BCUT2D eigenvalue weighted by Gasteiger charge is 1.98. The van der Waals surface area contributed by atoms with Crippen LogP contribution in [0.25, 0.3) is 0 Å². The molecule has 1 unspecified atom stereocenters. The molecule has 0 aromatic rings. The molecule has 0 amide bonds. The molecule has 0 aliphatic carbocycles. The van der Waals surface area contributed by atoms with E-state index in [0.29, 0.717) is 0 Å². The summed E-state index contributed by atoms with van der Waals surface area (Å²) in [6.07, 6.45) is 3.12. The minimum atomic E-state index is 0.0879. The number of rotatable bonds is 2. The molecule has 0 aromatic carbocycles. The van der Waals surface area contributed by atoms with Crippen LogP contribution in [-0.4, -0.2) is 0 Å². The maximum atomic E-state index is 8.44. The molecular weight excluding hydrogens is 110 g/mol. The SMILES string of the molecule is CC/C=C(/C)C(C)C#N. The van der Waals surface area contributed by atoms with Gasteiger partial charge in [0.05, 0.1) is 12.0 Å². The summed E-state index contributed by atoms with van der Waals surface area (Å²) in [5, 5.41) is 8.44. The first-order valence-electron chi connectivity index (χ1n) is 3.28. The Bertz CT molecular complexity index is 139. The molecule has 1 heteroatoms. The Morgan fingerprint density at radius 3 is 2.67 bits per heavy atom. The van der Waals surface area contributed by atoms with E-state index in [2.05, 4.69) is 19.1 Å². The van der Waals surface area contributed by atoms with Gasteiger partial charge in [0.1, 0.15) is 0 Å². The Kier molecular flexibility index (Phi) is 3.79. The first-order chi connectivity index (χ1) is 4.22. The minimum Gasteiger partial charge on any atom is -0.198 e. The number of hydrogen-bond acceptors (Lipinski definition) is 1. The normalized spacial score (nSPS) is 14.7. The smallest absolute Gasteiger partial charge is 0.0697 e. The van der Waals surface area contributed by atoms with Crippen LogP contribution in [-0.2, 0) is 0 Å². The number of nitriles is 1. The molecule has 0 aliphatic heterocycles. The zero-order valence-electron chi connectivity index (χ0n) is 6.31. The first-order valence-corrected chi connectivity index (χ1v) is 3.28. The maximum absolute atomic E-state index is 8.44. The molecule has 0 bridgehead atoms. The highest BCUT2D eigenvalue weighted by molar-refractivity contribution is 5.09. The summed E-state index contributed by atoms with van der Waals surface area (Å²) >= 11 is 0. The second kappa shape index (κ2) is 4.14. The van der Waals surface area contributed by atoms with Gasteiger partial charge in [0, 0.05) is 0 Å². The van der Waals surface area contributed by atoms with Crippen molar-refractivity contribution in [1.82, 2.24) is 0 Å². The van der Waals surface area contributed by atoms with Gasteiger partial charge in [-0.15, -0.1) is 0 Å². The van der Waals surface area contributed by atoms with Crippen LogP contribution in [0.2, 0.25) is 0 Å². The Morgan fingerprint density at radius 1 is 1.78 bits per heavy atom. The number of allylic oxidation sites excluding steroid dienone is 2. The van der Waals surface area contributed by atoms with Gasteiger partial charge in [-0.3, -0.25) is 0 Å². The Hall–Kier alpha value is -0.770. The first kappa shape index (κ1) is 8.23. The molecule has 0 aliphatic rings. The van der Waals surface area contributed by atoms with Gasteiger partial charge in [0.2, 0.25) is 0 Å². The van der Waals surface area contributed by atoms with Gasteiger partial charge in [0.25, 0.3) is 0 Å². The molecular formula is C8H13N. The van der Waals surface area contributed by atoms with Crippen molar-refractivity contribution in [2.24, 2.45) is 5.92 Å². The van der Waals surface area contributed by atoms with Crippen molar-refractivity contribution in [3.8, 4) is 6.07 Å². The summed E-state index contributed by atoms with van der Waals surface area (Å²) in [5.74, 6) is 0.0879. The van der Waals surface area contributed by atoms with E-state index in [1.165, 1.54) is 5.57 Å². The highest BCUT2D eigenvalue weighted by atomic mass is 14.3. The summed E-state index contributed by atoms with van der Waals surface area (Å²) in [6.45, 7) is 5.99. The van der Waals surface area contributed by atoms with Gasteiger partial charge >= 0.3 is 0 Å². The fourth-order valence-corrected chi connectivity index (χ4v) is 0.601. The van der Waals surface area contributed by atoms with Crippen LogP contribution in [0.1, 0.15) is 27.2 Å². The van der Waals surface area contributed by atoms with Crippen LogP contribution in [0.4, 0.5) is 0 Å². The molecule has 9 heavy (non-hydrogen) atoms. The van der Waals surface area contributed by atoms with Crippen LogP contribution in [0.5, 0.6) is 0 Å². The standard InChI is InChI=1S/C8H13N/c1-4-5-7(2)8(3)6-9/h5,8H,4H2,1-3H3/b7-5-. The fourth-order valence-electron chi connectivity index (χ4n) is 0.601. The van der Waals surface area contributed by atoms with Gasteiger partial charge in [-0.1, -0.05) is 18.6 Å². The van der Waals surface area contributed by atoms with E-state index >= 15 is 0 Å². The third-order valence-corrected chi connectivity index (χ3v) is 1.40. The van der Waals surface area contributed by atoms with E-state index in [4.69, 9.17) is 5.26 Å². The van der Waals surface area contributed by atoms with Crippen molar-refractivity contribution >= 4 is 0 Å². The summed E-state index contributed by atoms with van der Waals surface area (Å²) < 4.78 is 0. The van der Waals surface area contributed by atoms with E-state index in [-0.39, 0.29) is 5.92 Å². The van der Waals surface area contributed by atoms with Crippen molar-refractivity contribution in [3.05, 3.63) is 11.6 Å². The number of hydrogen-bond donors (Lipinski definition) is 0. The van der Waals surface area contributed by atoms with Crippen LogP contribution < -0.4 is 0 Å². The fraction of sp³-hybridized carbons (Fsp3) is 0.625. The van der Waals surface area contributed by atoms with Crippen LogP contribution in [0.15, 0.2) is 11.6 Å². The predicted octanol–water partition coefficient (Wildman–Crippen LogP) is 2.50. The molecule has 0 radical (unpaired) electrons. The summed E-state index contributed by atoms with van der Waals surface area (Å²) in [4.78, 5) is 0. The quantitative estimate of drug-likeness (QED) is 0.517. The Balaban J connectivity index is 3.89. The van der Waals surface area contributed by atoms with Gasteiger partial charge in [0.15, 0.2) is 0 Å². The van der Waals surface area contributed by atoms with E-state index in [1.54, 1.807) is 0 Å². The lowest BCUT2D eigenvalue weighted by Crippen LogP contribution is -1.90. The van der Waals surface area contributed by atoms with E-state index in [1.807, 2.05) is 13.8 Å². The second-order valence-electron chi connectivity index (χ2n) is 2.21. The van der Waals surface area contributed by atoms with Crippen LogP contribution in [0.3, 0.4) is 0 Å². The molecule has 0 fully saturated rings. The van der Waals surface area contributed by atoms with Crippen molar-refractivity contribution in [3.63, 3.8) is 0 Å². The van der Waals surface area contributed by atoms with Gasteiger partial charge in [-0.05, 0) is 20.3 Å². The molecule has 0 aromatic heterocycles. The van der Waals surface area contributed by atoms with E-state index in [0.717, 1.165) is 6.42 Å². The topological polar surface area (TPSA) is 23.8 Å². The molecule has 0 heterocycles. The molecule has 0 saturated heterocycles. The predicted molar refractivity (Wildman–Crippen MR) is 38.8 cm³/mol. The van der Waals surface area contributed by atoms with Gasteiger partial charge in [-0.2, -0.15) is 5.26 Å². The Labute approximate surface area is 57.0 Å². The van der Waals surface area contributed by atoms with Gasteiger partial charge < -0.3 is 0 Å². The van der Waals surface area contributed by atoms with E-state index < -0.39 is 0 Å². The molecule has 0 spiro atoms. The molecule has 0 saturated carbocycles. The number of nitrogens with zero attached hydrogens (tertiary/aromatic N) is 1. The molecule has 50 valence electrons. The third-order valence-electron chi connectivity index (χ3n) is 1.40. The lowest BCUT2D eigenvalue weighted by Gasteiger charge is -1.99. The van der Waals surface area contributed by atoms with Crippen molar-refractivity contribution < 1.29 is 0 Å². The summed E-state index contributed by atoms with van der Waals surface area (Å²) in [5.41, 5.74) is 1.18. The molecule has 0 rings (SSSR count). The molecule has 1 atom stereocenters. The van der Waals surface area contributed by atoms with Crippen LogP contribution in [0, 0.1) is 17.2 Å². The maximum Gasteiger partial charge on any atom is 0.0697 e. The van der Waals surface area contributed by atoms with Gasteiger partial charge in [-0.25, -0.2) is 0 Å². The minimum absolute atomic E-state index is 0.0879. The second-order valence-corrected chi connectivity index (χ2v) is 2.21. The van der Waals surface area contributed by atoms with Crippen molar-refractivity contribution in [1.29, 1.82) is 5.26 Å². The van der Waals surface area contributed by atoms with Crippen molar-refractivity contribution in [2.45, 2.75) is 27.2 Å². The lowest BCUT2D eigenvalue weighted by molar-refractivity contribution is 0.867. The zero-order chi connectivity index (χ0) is 7.28. The monoisotopic (exact) mass is 123 g/mol. The van der Waals surface area contributed by atoms with Crippen LogP contribution >= 0.6 is 0 Å². The third kappa shape index (κ3) is 2.92. The largest absolute Gasteiger partial charge is 0.198 e.